The monoisotopic (exact) mass is 881 g/mol. The molecule has 0 aromatic heterocycles. The Bertz CT molecular complexity index is 1700. The van der Waals surface area contributed by atoms with Crippen molar-refractivity contribution < 1.29 is 37.8 Å². The summed E-state index contributed by atoms with van der Waals surface area (Å²) in [7, 11) is -4.42. The number of aliphatic carboxylic acids is 1. The van der Waals surface area contributed by atoms with Crippen LogP contribution in [0.15, 0.2) is 83.5 Å². The summed E-state index contributed by atoms with van der Waals surface area (Å²) >= 11 is 1.66. The molecule has 4 atom stereocenters. The normalized spacial score (nSPS) is 17.4. The summed E-state index contributed by atoms with van der Waals surface area (Å²) in [6.07, 6.45) is 10.6. The maximum atomic E-state index is 14.4. The van der Waals surface area contributed by atoms with E-state index in [1.807, 2.05) is 60.7 Å². The van der Waals surface area contributed by atoms with Gasteiger partial charge in [0.25, 0.3) is 0 Å². The van der Waals surface area contributed by atoms with Gasteiger partial charge in [-0.25, -0.2) is 9.59 Å². The lowest BCUT2D eigenvalue weighted by molar-refractivity contribution is -0.142. The van der Waals surface area contributed by atoms with Crippen LogP contribution in [-0.2, 0) is 40.9 Å². The van der Waals surface area contributed by atoms with Crippen molar-refractivity contribution in [1.82, 2.24) is 5.32 Å². The number of benzene rings is 2. The van der Waals surface area contributed by atoms with Crippen LogP contribution in [0.4, 0.5) is 4.79 Å². The highest BCUT2D eigenvalue weighted by atomic mass is 32.2. The molecule has 3 rings (SSSR count). The van der Waals surface area contributed by atoms with Crippen molar-refractivity contribution in [3.05, 3.63) is 94.6 Å². The van der Waals surface area contributed by atoms with E-state index < -0.39 is 40.7 Å². The molecule has 1 aliphatic rings. The third-order valence-corrected chi connectivity index (χ3v) is 22.4. The standard InChI is InChI=1S/C48H75NO8SSi2/c1-12-13-17-28-38(56-59(8,9)47(2,3)4)30-31-39-41(57-60(10,11)48(5,6)7)34-42(44(39)58-32-23-16-22-29-43(50)51)55-45(52)40(33-36-24-18-14-19-25-36)49-46(53)54-35-37-26-20-15-21-27-37/h14-15,18-21,24-27,30-31,38-41H,12-13,16-17,22-23,28-29,32-35H2,1-11H3,(H,49,53)(H,50,51)/t38-,39-,40-,41+/m0/s1. The highest BCUT2D eigenvalue weighted by Crippen LogP contribution is 2.47. The maximum absolute atomic E-state index is 14.4. The summed E-state index contributed by atoms with van der Waals surface area (Å²) in [6.45, 7) is 24.9. The van der Waals surface area contributed by atoms with E-state index in [0.717, 1.165) is 60.3 Å². The van der Waals surface area contributed by atoms with Crippen molar-refractivity contribution in [3.63, 3.8) is 0 Å². The third kappa shape index (κ3) is 16.9. The number of carbonyl (C=O) groups excluding carboxylic acids is 2. The zero-order valence-corrected chi connectivity index (χ0v) is 41.3. The number of rotatable bonds is 24. The van der Waals surface area contributed by atoms with E-state index in [0.29, 0.717) is 18.6 Å². The minimum Gasteiger partial charge on any atom is -0.481 e. The second-order valence-electron chi connectivity index (χ2n) is 19.2. The van der Waals surface area contributed by atoms with E-state index in [1.54, 1.807) is 11.8 Å². The molecule has 12 heteroatoms. The molecular weight excluding hydrogens is 807 g/mol. The van der Waals surface area contributed by atoms with Crippen LogP contribution >= 0.6 is 11.8 Å². The highest BCUT2D eigenvalue weighted by molar-refractivity contribution is 8.03. The predicted molar refractivity (Wildman–Crippen MR) is 251 cm³/mol. The first-order valence-corrected chi connectivity index (χ1v) is 28.8. The SMILES string of the molecule is CCCCC[C@@H](C=C[C@@H]1C(SCCCCCC(=O)O)=C(OC(=O)[C@H](Cc2ccccc2)NC(=O)OCc2ccccc2)C[C@H]1O[Si](C)(C)C(C)(C)C)O[Si](C)(C)C(C)(C)C. The molecule has 0 bridgehead atoms. The van der Waals surface area contributed by atoms with Crippen LogP contribution in [-0.4, -0.2) is 63.8 Å². The number of esters is 1. The van der Waals surface area contributed by atoms with Crippen molar-refractivity contribution in [3.8, 4) is 0 Å². The molecule has 0 unspecified atom stereocenters. The average Bonchev–Trinajstić information content (AvgIpc) is 3.47. The minimum atomic E-state index is -2.31. The lowest BCUT2D eigenvalue weighted by Crippen LogP contribution is -2.45. The molecule has 60 heavy (non-hydrogen) atoms. The molecule has 2 aromatic rings. The van der Waals surface area contributed by atoms with Crippen LogP contribution in [0.25, 0.3) is 0 Å². The summed E-state index contributed by atoms with van der Waals surface area (Å²) in [5, 5.41) is 12.0. The molecule has 0 saturated carbocycles. The molecule has 0 radical (unpaired) electrons. The predicted octanol–water partition coefficient (Wildman–Crippen LogP) is 12.6. The van der Waals surface area contributed by atoms with Crippen molar-refractivity contribution in [2.75, 3.05) is 5.75 Å². The van der Waals surface area contributed by atoms with E-state index in [1.165, 1.54) is 0 Å². The second-order valence-corrected chi connectivity index (χ2v) is 29.8. The fourth-order valence-electron chi connectivity index (χ4n) is 6.38. The minimum absolute atomic E-state index is 0.0480. The number of unbranched alkanes of at least 4 members (excludes halogenated alkanes) is 4. The first kappa shape index (κ1) is 51.2. The van der Waals surface area contributed by atoms with Gasteiger partial charge in [0.2, 0.25) is 0 Å². The van der Waals surface area contributed by atoms with Gasteiger partial charge in [0.1, 0.15) is 18.4 Å². The fraction of sp³-hybridized carbons (Fsp3) is 0.604. The number of carboxylic acids is 1. The van der Waals surface area contributed by atoms with Crippen LogP contribution < -0.4 is 5.32 Å². The van der Waals surface area contributed by atoms with Gasteiger partial charge in [-0.2, -0.15) is 0 Å². The van der Waals surface area contributed by atoms with Crippen LogP contribution in [0, 0.1) is 5.92 Å². The van der Waals surface area contributed by atoms with Crippen molar-refractivity contribution in [2.24, 2.45) is 5.92 Å². The molecule has 0 heterocycles. The Kier molecular flexibility index (Phi) is 20.4. The van der Waals surface area contributed by atoms with Crippen molar-refractivity contribution in [1.29, 1.82) is 0 Å². The second kappa shape index (κ2) is 23.9. The summed E-state index contributed by atoms with van der Waals surface area (Å²) in [5.41, 5.74) is 1.71. The molecule has 9 nitrogen and oxygen atoms in total. The number of alkyl carbamates (subject to hydrolysis) is 1. The van der Waals surface area contributed by atoms with Gasteiger partial charge in [-0.3, -0.25) is 4.79 Å². The van der Waals surface area contributed by atoms with E-state index in [-0.39, 0.29) is 47.7 Å². The largest absolute Gasteiger partial charge is 0.481 e. The van der Waals surface area contributed by atoms with Crippen LogP contribution in [0.5, 0.6) is 0 Å². The van der Waals surface area contributed by atoms with Crippen molar-refractivity contribution >= 4 is 46.4 Å². The van der Waals surface area contributed by atoms with Gasteiger partial charge >= 0.3 is 18.0 Å². The number of carbonyl (C=O) groups is 3. The number of ether oxygens (including phenoxy) is 2. The van der Waals surface area contributed by atoms with Gasteiger partial charge in [0, 0.05) is 30.1 Å². The Balaban J connectivity index is 2.05. The molecular formula is C48H75NO8SSi2. The first-order chi connectivity index (χ1) is 28.1. The quantitative estimate of drug-likeness (QED) is 0.0459. The summed E-state index contributed by atoms with van der Waals surface area (Å²) in [5.74, 6) is -0.273. The Hall–Kier alpha value is -3.17. The fourth-order valence-corrected chi connectivity index (χ4v) is 10.3. The van der Waals surface area contributed by atoms with Crippen LogP contribution in [0.3, 0.4) is 0 Å². The van der Waals surface area contributed by atoms with Gasteiger partial charge < -0.3 is 28.7 Å². The van der Waals surface area contributed by atoms with E-state index in [2.05, 4.69) is 92.1 Å². The molecule has 0 saturated heterocycles. The smallest absolute Gasteiger partial charge is 0.408 e. The highest BCUT2D eigenvalue weighted by Gasteiger charge is 2.45. The lowest BCUT2D eigenvalue weighted by atomic mass is 10.0. The lowest BCUT2D eigenvalue weighted by Gasteiger charge is -2.40. The van der Waals surface area contributed by atoms with Crippen LogP contribution in [0.1, 0.15) is 117 Å². The summed E-state index contributed by atoms with van der Waals surface area (Å²) in [4.78, 5) is 39.8. The van der Waals surface area contributed by atoms with Crippen molar-refractivity contribution in [2.45, 2.75) is 174 Å². The zero-order valence-electron chi connectivity index (χ0n) is 38.4. The molecule has 0 spiro atoms. The van der Waals surface area contributed by atoms with Gasteiger partial charge in [-0.15, -0.1) is 11.8 Å². The van der Waals surface area contributed by atoms with Gasteiger partial charge in [0.05, 0.1) is 12.2 Å². The van der Waals surface area contributed by atoms with Crippen LogP contribution in [0.2, 0.25) is 36.3 Å². The molecule has 2 aromatic carbocycles. The molecule has 0 fully saturated rings. The van der Waals surface area contributed by atoms with Gasteiger partial charge in [0.15, 0.2) is 16.6 Å². The molecule has 1 aliphatic carbocycles. The number of amides is 1. The number of hydrogen-bond acceptors (Lipinski definition) is 8. The number of nitrogens with one attached hydrogen (secondary N) is 1. The average molecular weight is 882 g/mol. The Morgan fingerprint density at radius 1 is 0.850 bits per heavy atom. The summed E-state index contributed by atoms with van der Waals surface area (Å²) < 4.78 is 26.3. The maximum Gasteiger partial charge on any atom is 0.408 e. The summed E-state index contributed by atoms with van der Waals surface area (Å²) in [6, 6.07) is 18.0. The first-order valence-electron chi connectivity index (χ1n) is 22.0. The van der Waals surface area contributed by atoms with E-state index in [9.17, 15) is 19.5 Å². The topological polar surface area (TPSA) is 120 Å². The number of carboxylic acid groups (broad SMARTS) is 1. The van der Waals surface area contributed by atoms with Gasteiger partial charge in [-0.05, 0) is 72.4 Å². The number of thioether (sulfide) groups is 1. The van der Waals surface area contributed by atoms with Gasteiger partial charge in [-0.1, -0.05) is 147 Å². The Morgan fingerprint density at radius 3 is 2.05 bits per heavy atom. The molecule has 1 amide bonds. The number of hydrogen-bond donors (Lipinski definition) is 2. The Labute approximate surface area is 368 Å². The third-order valence-electron chi connectivity index (χ3n) is 12.1. The van der Waals surface area contributed by atoms with E-state index >= 15 is 0 Å². The zero-order chi connectivity index (χ0) is 44.6. The molecule has 2 N–H and O–H groups in total. The van der Waals surface area contributed by atoms with E-state index in [4.69, 9.17) is 18.3 Å². The molecule has 0 aliphatic heterocycles. The molecule has 334 valence electrons. The Morgan fingerprint density at radius 2 is 1.47 bits per heavy atom.